The van der Waals surface area contributed by atoms with Gasteiger partial charge in [0, 0.05) is 10.7 Å². The number of nitrogens with one attached hydrogen (secondary N) is 1. The number of amides is 1. The van der Waals surface area contributed by atoms with Crippen LogP contribution in [0.4, 0.5) is 0 Å². The van der Waals surface area contributed by atoms with Gasteiger partial charge in [-0.25, -0.2) is 0 Å². The minimum absolute atomic E-state index is 0.000694. The highest BCUT2D eigenvalue weighted by Crippen LogP contribution is 2.20. The first-order valence-corrected chi connectivity index (χ1v) is 7.34. The number of carbonyl (C=O) groups excluding carboxylic acids is 1. The molecule has 1 fully saturated rings. The monoisotopic (exact) mass is 341 g/mol. The molecule has 2 atom stereocenters. The molecule has 5 heteroatoms. The van der Waals surface area contributed by atoms with Gasteiger partial charge >= 0.3 is 0 Å². The largest absolute Gasteiger partial charge is 0.365 e. The number of halogens is 2. The fourth-order valence-electron chi connectivity index (χ4n) is 1.48. The van der Waals surface area contributed by atoms with E-state index in [9.17, 15) is 4.79 Å². The van der Waals surface area contributed by atoms with Crippen molar-refractivity contribution < 1.29 is 9.53 Å². The summed E-state index contributed by atoms with van der Waals surface area (Å²) in [5, 5.41) is 4.44. The molecule has 0 aromatic heterocycles. The standard InChI is InChI=1S/C10H17Br2NO2/c1-7-3-4-8(15-7)9(14)13-10(2,5-11)6-12/h7-8H,3-6H2,1-2H3,(H,13,14). The lowest BCUT2D eigenvalue weighted by Crippen LogP contribution is -2.52. The molecular weight excluding hydrogens is 326 g/mol. The number of alkyl halides is 2. The highest BCUT2D eigenvalue weighted by Gasteiger charge is 2.32. The number of rotatable bonds is 4. The first-order valence-electron chi connectivity index (χ1n) is 5.10. The molecule has 0 bridgehead atoms. The Morgan fingerprint density at radius 3 is 2.47 bits per heavy atom. The molecule has 2 unspecified atom stereocenters. The summed E-state index contributed by atoms with van der Waals surface area (Å²) in [5.41, 5.74) is -0.244. The van der Waals surface area contributed by atoms with E-state index in [1.54, 1.807) is 0 Å². The molecule has 1 aliphatic rings. The summed E-state index contributed by atoms with van der Waals surface area (Å²) in [7, 11) is 0. The summed E-state index contributed by atoms with van der Waals surface area (Å²) in [5.74, 6) is 0.000694. The lowest BCUT2D eigenvalue weighted by Gasteiger charge is -2.27. The normalized spacial score (nSPS) is 26.7. The smallest absolute Gasteiger partial charge is 0.249 e. The van der Waals surface area contributed by atoms with Gasteiger partial charge in [-0.2, -0.15) is 0 Å². The first-order chi connectivity index (χ1) is 7.00. The van der Waals surface area contributed by atoms with E-state index in [1.807, 2.05) is 13.8 Å². The average molecular weight is 343 g/mol. The lowest BCUT2D eigenvalue weighted by atomic mass is 10.1. The van der Waals surface area contributed by atoms with Gasteiger partial charge in [0.2, 0.25) is 5.91 Å². The molecule has 1 amide bonds. The Labute approximate surface area is 108 Å². The van der Waals surface area contributed by atoms with Crippen LogP contribution in [0.3, 0.4) is 0 Å². The van der Waals surface area contributed by atoms with Gasteiger partial charge in [0.25, 0.3) is 0 Å². The number of hydrogen-bond acceptors (Lipinski definition) is 2. The quantitative estimate of drug-likeness (QED) is 0.795. The Kier molecular flexibility index (Phi) is 5.06. The Morgan fingerprint density at radius 2 is 2.07 bits per heavy atom. The van der Waals surface area contributed by atoms with E-state index in [1.165, 1.54) is 0 Å². The van der Waals surface area contributed by atoms with E-state index in [0.717, 1.165) is 23.5 Å². The molecule has 1 rings (SSSR count). The highest BCUT2D eigenvalue weighted by atomic mass is 79.9. The summed E-state index contributed by atoms with van der Waals surface area (Å²) < 4.78 is 5.52. The predicted molar refractivity (Wildman–Crippen MR) is 67.7 cm³/mol. The van der Waals surface area contributed by atoms with Crippen LogP contribution in [0.5, 0.6) is 0 Å². The maximum atomic E-state index is 11.8. The van der Waals surface area contributed by atoms with E-state index in [2.05, 4.69) is 37.2 Å². The average Bonchev–Trinajstić information content (AvgIpc) is 2.65. The van der Waals surface area contributed by atoms with Crippen molar-refractivity contribution in [1.82, 2.24) is 5.32 Å². The second-order valence-electron chi connectivity index (χ2n) is 4.33. The van der Waals surface area contributed by atoms with Crippen molar-refractivity contribution >= 4 is 37.8 Å². The third kappa shape index (κ3) is 3.71. The summed E-state index contributed by atoms with van der Waals surface area (Å²) in [6.45, 7) is 3.99. The van der Waals surface area contributed by atoms with Crippen molar-refractivity contribution in [2.24, 2.45) is 0 Å². The first kappa shape index (κ1) is 13.5. The zero-order chi connectivity index (χ0) is 11.5. The van der Waals surface area contributed by atoms with Crippen LogP contribution in [0.2, 0.25) is 0 Å². The van der Waals surface area contributed by atoms with Crippen LogP contribution in [0.25, 0.3) is 0 Å². The van der Waals surface area contributed by atoms with Crippen molar-refractivity contribution in [2.75, 3.05) is 10.7 Å². The van der Waals surface area contributed by atoms with Crippen LogP contribution in [-0.4, -0.2) is 34.3 Å². The molecule has 3 nitrogen and oxygen atoms in total. The molecule has 15 heavy (non-hydrogen) atoms. The lowest BCUT2D eigenvalue weighted by molar-refractivity contribution is -0.133. The molecule has 1 N–H and O–H groups in total. The van der Waals surface area contributed by atoms with Crippen molar-refractivity contribution in [3.63, 3.8) is 0 Å². The Morgan fingerprint density at radius 1 is 1.47 bits per heavy atom. The molecule has 88 valence electrons. The maximum Gasteiger partial charge on any atom is 0.249 e. The maximum absolute atomic E-state index is 11.8. The van der Waals surface area contributed by atoms with E-state index in [0.29, 0.717) is 0 Å². The fraction of sp³-hybridized carbons (Fsp3) is 0.900. The summed E-state index contributed by atoms with van der Waals surface area (Å²) in [6, 6.07) is 0. The van der Waals surface area contributed by atoms with Gasteiger partial charge < -0.3 is 10.1 Å². The molecule has 0 spiro atoms. The summed E-state index contributed by atoms with van der Waals surface area (Å²) in [6.07, 6.45) is 1.74. The van der Waals surface area contributed by atoms with Crippen molar-refractivity contribution in [2.45, 2.75) is 44.4 Å². The van der Waals surface area contributed by atoms with E-state index < -0.39 is 0 Å². The third-order valence-electron chi connectivity index (χ3n) is 2.54. The van der Waals surface area contributed by atoms with E-state index in [4.69, 9.17) is 4.74 Å². The number of ether oxygens (including phenoxy) is 1. The molecule has 1 heterocycles. The third-order valence-corrected chi connectivity index (χ3v) is 5.01. The van der Waals surface area contributed by atoms with Crippen LogP contribution < -0.4 is 5.32 Å². The van der Waals surface area contributed by atoms with Gasteiger partial charge in [0.05, 0.1) is 11.6 Å². The fourth-order valence-corrected chi connectivity index (χ4v) is 2.68. The second-order valence-corrected chi connectivity index (χ2v) is 5.45. The van der Waals surface area contributed by atoms with E-state index in [-0.39, 0.29) is 23.7 Å². The molecule has 0 aliphatic carbocycles. The van der Waals surface area contributed by atoms with Gasteiger partial charge in [0.1, 0.15) is 6.10 Å². The minimum Gasteiger partial charge on any atom is -0.365 e. The molecule has 0 saturated carbocycles. The van der Waals surface area contributed by atoms with Crippen LogP contribution in [0, 0.1) is 0 Å². The number of hydrogen-bond donors (Lipinski definition) is 1. The van der Waals surface area contributed by atoms with Gasteiger partial charge in [-0.15, -0.1) is 0 Å². The summed E-state index contributed by atoms with van der Waals surface area (Å²) >= 11 is 6.79. The zero-order valence-electron chi connectivity index (χ0n) is 9.06. The van der Waals surface area contributed by atoms with Crippen molar-refractivity contribution in [3.05, 3.63) is 0 Å². The molecular formula is C10H17Br2NO2. The van der Waals surface area contributed by atoms with Crippen molar-refractivity contribution in [3.8, 4) is 0 Å². The topological polar surface area (TPSA) is 38.3 Å². The highest BCUT2D eigenvalue weighted by molar-refractivity contribution is 9.09. The SMILES string of the molecule is CC1CCC(C(=O)NC(C)(CBr)CBr)O1. The zero-order valence-corrected chi connectivity index (χ0v) is 12.2. The molecule has 1 aliphatic heterocycles. The van der Waals surface area contributed by atoms with Gasteiger partial charge in [-0.3, -0.25) is 4.79 Å². The second kappa shape index (κ2) is 5.64. The van der Waals surface area contributed by atoms with Crippen LogP contribution >= 0.6 is 31.9 Å². The summed E-state index contributed by atoms with van der Waals surface area (Å²) in [4.78, 5) is 11.8. The Hall–Kier alpha value is 0.390. The molecule has 0 aromatic rings. The molecule has 0 aromatic carbocycles. The van der Waals surface area contributed by atoms with Crippen LogP contribution in [0.15, 0.2) is 0 Å². The Balaban J connectivity index is 2.48. The minimum atomic E-state index is -0.266. The van der Waals surface area contributed by atoms with E-state index >= 15 is 0 Å². The Bertz CT molecular complexity index is 231. The predicted octanol–water partition coefficient (Wildman–Crippen LogP) is 2.22. The molecule has 1 saturated heterocycles. The van der Waals surface area contributed by atoms with Crippen LogP contribution in [-0.2, 0) is 9.53 Å². The van der Waals surface area contributed by atoms with Gasteiger partial charge in [-0.1, -0.05) is 31.9 Å². The van der Waals surface area contributed by atoms with Crippen molar-refractivity contribution in [1.29, 1.82) is 0 Å². The number of carbonyl (C=O) groups is 1. The molecule has 0 radical (unpaired) electrons. The van der Waals surface area contributed by atoms with Crippen LogP contribution in [0.1, 0.15) is 26.7 Å². The van der Waals surface area contributed by atoms with Gasteiger partial charge in [-0.05, 0) is 26.7 Å². The van der Waals surface area contributed by atoms with Gasteiger partial charge in [0.15, 0.2) is 0 Å².